The van der Waals surface area contributed by atoms with E-state index >= 15 is 0 Å². The average molecular weight is 498 g/mol. The van der Waals surface area contributed by atoms with Crippen LogP contribution in [-0.4, -0.2) is 35.2 Å². The molecule has 176 valence electrons. The van der Waals surface area contributed by atoms with Gasteiger partial charge in [-0.15, -0.1) is 0 Å². The standard InChI is InChI=1S/C26H25Cl2N3O3/c1-16-23(24(28)31(29-16)14-17-9-5-7-11-20(17)27)25(33)34-15-18(32)13-22-26(2,3)19-10-6-8-12-21(19)30(22)4/h5-13H,14-15H2,1-4H3/b22-13+. The number of aryl methyl sites for hydroxylation is 1. The Hall–Kier alpha value is -3.09. The normalized spacial score (nSPS) is 15.5. The van der Waals surface area contributed by atoms with Gasteiger partial charge in [0.1, 0.15) is 10.7 Å². The topological polar surface area (TPSA) is 64.4 Å². The van der Waals surface area contributed by atoms with Gasteiger partial charge in [0.2, 0.25) is 0 Å². The smallest absolute Gasteiger partial charge is 0.343 e. The summed E-state index contributed by atoms with van der Waals surface area (Å²) in [6.45, 7) is 5.71. The molecule has 1 aliphatic heterocycles. The highest BCUT2D eigenvalue weighted by atomic mass is 35.5. The first-order valence-corrected chi connectivity index (χ1v) is 11.6. The van der Waals surface area contributed by atoms with Crippen molar-refractivity contribution in [2.24, 2.45) is 0 Å². The Balaban J connectivity index is 1.47. The van der Waals surface area contributed by atoms with Gasteiger partial charge in [0.25, 0.3) is 0 Å². The first-order chi connectivity index (χ1) is 16.1. The van der Waals surface area contributed by atoms with Crippen LogP contribution in [-0.2, 0) is 21.5 Å². The lowest BCUT2D eigenvalue weighted by Crippen LogP contribution is -2.25. The van der Waals surface area contributed by atoms with Crippen LogP contribution in [0.1, 0.15) is 41.0 Å². The lowest BCUT2D eigenvalue weighted by molar-refractivity contribution is -0.117. The highest BCUT2D eigenvalue weighted by molar-refractivity contribution is 6.33. The minimum atomic E-state index is -0.693. The maximum Gasteiger partial charge on any atom is 0.343 e. The zero-order chi connectivity index (χ0) is 24.6. The molecular weight excluding hydrogens is 473 g/mol. The number of benzene rings is 2. The van der Waals surface area contributed by atoms with Gasteiger partial charge < -0.3 is 9.64 Å². The molecular formula is C26H25Cl2N3O3. The monoisotopic (exact) mass is 497 g/mol. The zero-order valence-corrected chi connectivity index (χ0v) is 20.9. The maximum atomic E-state index is 12.8. The fraction of sp³-hybridized carbons (Fsp3) is 0.269. The van der Waals surface area contributed by atoms with Crippen LogP contribution in [0.15, 0.2) is 60.3 Å². The first-order valence-electron chi connectivity index (χ1n) is 10.8. The summed E-state index contributed by atoms with van der Waals surface area (Å²) < 4.78 is 6.81. The van der Waals surface area contributed by atoms with Crippen LogP contribution in [0.25, 0.3) is 0 Å². The molecule has 0 fully saturated rings. The third kappa shape index (κ3) is 4.36. The van der Waals surface area contributed by atoms with Crippen molar-refractivity contribution >= 4 is 40.6 Å². The molecule has 0 bridgehead atoms. The Morgan fingerprint density at radius 3 is 2.47 bits per heavy atom. The third-order valence-electron chi connectivity index (χ3n) is 6.13. The van der Waals surface area contributed by atoms with Crippen LogP contribution in [0.2, 0.25) is 10.2 Å². The van der Waals surface area contributed by atoms with Crippen LogP contribution in [0.4, 0.5) is 5.69 Å². The molecule has 2 heterocycles. The molecule has 8 heteroatoms. The number of halogens is 2. The minimum absolute atomic E-state index is 0.139. The Bertz CT molecular complexity index is 1310. The minimum Gasteiger partial charge on any atom is -0.454 e. The quantitative estimate of drug-likeness (QED) is 0.328. The molecule has 0 amide bonds. The summed E-state index contributed by atoms with van der Waals surface area (Å²) in [6.07, 6.45) is 1.54. The summed E-state index contributed by atoms with van der Waals surface area (Å²) >= 11 is 12.7. The summed E-state index contributed by atoms with van der Waals surface area (Å²) in [4.78, 5) is 27.5. The average Bonchev–Trinajstić information content (AvgIpc) is 3.18. The van der Waals surface area contributed by atoms with Crippen LogP contribution in [0, 0.1) is 6.92 Å². The van der Waals surface area contributed by atoms with Gasteiger partial charge in [-0.05, 0) is 30.2 Å². The molecule has 4 rings (SSSR count). The molecule has 34 heavy (non-hydrogen) atoms. The van der Waals surface area contributed by atoms with Gasteiger partial charge in [-0.3, -0.25) is 4.79 Å². The number of para-hydroxylation sites is 1. The fourth-order valence-corrected chi connectivity index (χ4v) is 4.85. The van der Waals surface area contributed by atoms with Gasteiger partial charge in [-0.25, -0.2) is 9.48 Å². The summed E-state index contributed by atoms with van der Waals surface area (Å²) in [7, 11) is 1.93. The van der Waals surface area contributed by atoms with E-state index in [1.54, 1.807) is 19.1 Å². The van der Waals surface area contributed by atoms with Crippen LogP contribution < -0.4 is 4.90 Å². The molecule has 1 aliphatic rings. The molecule has 6 nitrogen and oxygen atoms in total. The Morgan fingerprint density at radius 2 is 1.76 bits per heavy atom. The second-order valence-corrected chi connectivity index (χ2v) is 9.54. The Labute approximate surface area is 208 Å². The first kappa shape index (κ1) is 24.0. The van der Waals surface area contributed by atoms with Crippen molar-refractivity contribution in [3.8, 4) is 0 Å². The second-order valence-electron chi connectivity index (χ2n) is 8.77. The Morgan fingerprint density at radius 1 is 1.09 bits per heavy atom. The second kappa shape index (κ2) is 9.28. The number of aromatic nitrogens is 2. The number of ketones is 1. The zero-order valence-electron chi connectivity index (χ0n) is 19.4. The molecule has 0 aliphatic carbocycles. The van der Waals surface area contributed by atoms with E-state index in [0.29, 0.717) is 17.3 Å². The van der Waals surface area contributed by atoms with Crippen molar-refractivity contribution in [1.82, 2.24) is 9.78 Å². The number of esters is 1. The van der Waals surface area contributed by atoms with Crippen molar-refractivity contribution in [2.45, 2.75) is 32.7 Å². The van der Waals surface area contributed by atoms with Crippen LogP contribution >= 0.6 is 23.2 Å². The molecule has 0 atom stereocenters. The lowest BCUT2D eigenvalue weighted by atomic mass is 9.83. The molecule has 0 saturated carbocycles. The number of carbonyl (C=O) groups excluding carboxylic acids is 2. The van der Waals surface area contributed by atoms with Gasteiger partial charge in [0.05, 0.1) is 12.2 Å². The van der Waals surface area contributed by atoms with Gasteiger partial charge in [0, 0.05) is 34.9 Å². The molecule has 3 aromatic rings. The van der Waals surface area contributed by atoms with Crippen molar-refractivity contribution in [1.29, 1.82) is 0 Å². The molecule has 0 unspecified atom stereocenters. The summed E-state index contributed by atoms with van der Waals surface area (Å²) in [5.74, 6) is -1.00. The number of likely N-dealkylation sites (N-methyl/N-ethyl adjacent to an activating group) is 1. The number of hydrogen-bond donors (Lipinski definition) is 0. The van der Waals surface area contributed by atoms with E-state index in [2.05, 4.69) is 25.0 Å². The van der Waals surface area contributed by atoms with Gasteiger partial charge in [0.15, 0.2) is 12.4 Å². The molecule has 0 radical (unpaired) electrons. The largest absolute Gasteiger partial charge is 0.454 e. The SMILES string of the molecule is Cc1nn(Cc2ccccc2Cl)c(Cl)c1C(=O)OCC(=O)/C=C1/N(C)c2ccccc2C1(C)C. The third-order valence-corrected chi connectivity index (χ3v) is 6.88. The van der Waals surface area contributed by atoms with Crippen LogP contribution in [0.3, 0.4) is 0 Å². The van der Waals surface area contributed by atoms with Gasteiger partial charge >= 0.3 is 5.97 Å². The number of ether oxygens (including phenoxy) is 1. The Kier molecular flexibility index (Phi) is 6.56. The highest BCUT2D eigenvalue weighted by Gasteiger charge is 2.38. The van der Waals surface area contributed by atoms with E-state index in [-0.39, 0.29) is 21.9 Å². The van der Waals surface area contributed by atoms with E-state index in [9.17, 15) is 9.59 Å². The lowest BCUT2D eigenvalue weighted by Gasteiger charge is -2.23. The molecule has 0 N–H and O–H groups in total. The fourth-order valence-electron chi connectivity index (χ4n) is 4.34. The van der Waals surface area contributed by atoms with E-state index < -0.39 is 12.6 Å². The van der Waals surface area contributed by atoms with E-state index in [0.717, 1.165) is 22.5 Å². The van der Waals surface area contributed by atoms with Crippen molar-refractivity contribution < 1.29 is 14.3 Å². The number of fused-ring (bicyclic) bond motifs is 1. The molecule has 1 aromatic heterocycles. The predicted molar refractivity (Wildman–Crippen MR) is 134 cm³/mol. The summed E-state index contributed by atoms with van der Waals surface area (Å²) in [6, 6.07) is 15.4. The van der Waals surface area contributed by atoms with Crippen LogP contribution in [0.5, 0.6) is 0 Å². The summed E-state index contributed by atoms with van der Waals surface area (Å²) in [5, 5.41) is 5.07. The molecule has 2 aromatic carbocycles. The number of hydrogen-bond acceptors (Lipinski definition) is 5. The van der Waals surface area contributed by atoms with Crippen molar-refractivity contribution in [2.75, 3.05) is 18.6 Å². The van der Waals surface area contributed by atoms with E-state index in [1.807, 2.05) is 48.3 Å². The number of rotatable bonds is 6. The van der Waals surface area contributed by atoms with Gasteiger partial charge in [-0.2, -0.15) is 5.10 Å². The predicted octanol–water partition coefficient (Wildman–Crippen LogP) is 5.58. The summed E-state index contributed by atoms with van der Waals surface area (Å²) in [5.41, 5.74) is 4.07. The number of nitrogens with zero attached hydrogens (tertiary/aromatic N) is 3. The highest BCUT2D eigenvalue weighted by Crippen LogP contribution is 2.46. The molecule has 0 spiro atoms. The molecule has 0 saturated heterocycles. The van der Waals surface area contributed by atoms with Crippen molar-refractivity contribution in [3.63, 3.8) is 0 Å². The maximum absolute atomic E-state index is 12.8. The van der Waals surface area contributed by atoms with Gasteiger partial charge in [-0.1, -0.05) is 73.4 Å². The van der Waals surface area contributed by atoms with E-state index in [4.69, 9.17) is 27.9 Å². The number of allylic oxidation sites excluding steroid dienone is 1. The number of anilines is 1. The van der Waals surface area contributed by atoms with Crippen molar-refractivity contribution in [3.05, 3.63) is 92.9 Å². The number of carbonyl (C=O) groups is 2. The van der Waals surface area contributed by atoms with E-state index in [1.165, 1.54) is 4.68 Å².